The van der Waals surface area contributed by atoms with Crippen molar-refractivity contribution >= 4 is 5.97 Å². The van der Waals surface area contributed by atoms with Crippen molar-refractivity contribution in [2.75, 3.05) is 13.1 Å². The summed E-state index contributed by atoms with van der Waals surface area (Å²) < 4.78 is 0. The van der Waals surface area contributed by atoms with Gasteiger partial charge in [0.1, 0.15) is 0 Å². The smallest absolute Gasteiger partial charge is 0.307 e. The Kier molecular flexibility index (Phi) is 3.53. The van der Waals surface area contributed by atoms with Crippen LogP contribution in [-0.4, -0.2) is 35.1 Å². The molecule has 1 N–H and O–H groups in total. The summed E-state index contributed by atoms with van der Waals surface area (Å²) in [6.07, 6.45) is 4.74. The van der Waals surface area contributed by atoms with E-state index in [0.29, 0.717) is 6.04 Å². The van der Waals surface area contributed by atoms with Crippen molar-refractivity contribution in [2.45, 2.75) is 45.6 Å². The SMILES string of the molecule is CC1CCC(C)C(N2CCC(C(=O)O)C2)C1. The molecule has 0 aromatic rings. The van der Waals surface area contributed by atoms with E-state index in [-0.39, 0.29) is 5.92 Å². The van der Waals surface area contributed by atoms with Crippen molar-refractivity contribution in [1.82, 2.24) is 4.90 Å². The van der Waals surface area contributed by atoms with Crippen LogP contribution in [0, 0.1) is 17.8 Å². The van der Waals surface area contributed by atoms with Gasteiger partial charge < -0.3 is 5.11 Å². The van der Waals surface area contributed by atoms with E-state index in [1.807, 2.05) is 0 Å². The van der Waals surface area contributed by atoms with E-state index in [9.17, 15) is 4.79 Å². The van der Waals surface area contributed by atoms with Crippen LogP contribution in [0.2, 0.25) is 0 Å². The lowest BCUT2D eigenvalue weighted by molar-refractivity contribution is -0.141. The third-order valence-corrected chi connectivity index (χ3v) is 4.45. The summed E-state index contributed by atoms with van der Waals surface area (Å²) in [5.74, 6) is 0.817. The fourth-order valence-corrected chi connectivity index (χ4v) is 3.30. The molecule has 2 aliphatic rings. The fourth-order valence-electron chi connectivity index (χ4n) is 3.30. The fraction of sp³-hybridized carbons (Fsp3) is 0.923. The summed E-state index contributed by atoms with van der Waals surface area (Å²) >= 11 is 0. The first-order valence-corrected chi connectivity index (χ1v) is 6.54. The number of nitrogens with zero attached hydrogens (tertiary/aromatic N) is 1. The molecule has 16 heavy (non-hydrogen) atoms. The topological polar surface area (TPSA) is 40.5 Å². The van der Waals surface area contributed by atoms with Crippen LogP contribution in [0.15, 0.2) is 0 Å². The molecular weight excluding hydrogens is 202 g/mol. The summed E-state index contributed by atoms with van der Waals surface area (Å²) in [7, 11) is 0. The predicted molar refractivity (Wildman–Crippen MR) is 63.3 cm³/mol. The van der Waals surface area contributed by atoms with Crippen molar-refractivity contribution in [3.8, 4) is 0 Å². The number of rotatable bonds is 2. The molecule has 1 heterocycles. The van der Waals surface area contributed by atoms with Crippen LogP contribution >= 0.6 is 0 Å². The zero-order valence-corrected chi connectivity index (χ0v) is 10.4. The average Bonchev–Trinajstić information content (AvgIpc) is 2.70. The van der Waals surface area contributed by atoms with Gasteiger partial charge in [-0.2, -0.15) is 0 Å². The molecule has 2 rings (SSSR count). The van der Waals surface area contributed by atoms with E-state index in [1.165, 1.54) is 19.3 Å². The van der Waals surface area contributed by atoms with Gasteiger partial charge >= 0.3 is 5.97 Å². The van der Waals surface area contributed by atoms with Gasteiger partial charge in [0.25, 0.3) is 0 Å². The number of hydrogen-bond donors (Lipinski definition) is 1. The number of likely N-dealkylation sites (tertiary alicyclic amines) is 1. The molecule has 0 spiro atoms. The molecule has 0 aromatic heterocycles. The predicted octanol–water partition coefficient (Wildman–Crippen LogP) is 2.22. The molecule has 4 atom stereocenters. The highest BCUT2D eigenvalue weighted by atomic mass is 16.4. The quantitative estimate of drug-likeness (QED) is 0.783. The van der Waals surface area contributed by atoms with Crippen LogP contribution < -0.4 is 0 Å². The van der Waals surface area contributed by atoms with Gasteiger partial charge in [0.15, 0.2) is 0 Å². The summed E-state index contributed by atoms with van der Waals surface area (Å²) in [6.45, 7) is 6.41. The Morgan fingerprint density at radius 1 is 1.25 bits per heavy atom. The van der Waals surface area contributed by atoms with Crippen molar-refractivity contribution in [2.24, 2.45) is 17.8 Å². The Hall–Kier alpha value is -0.570. The van der Waals surface area contributed by atoms with Gasteiger partial charge in [-0.05, 0) is 37.6 Å². The lowest BCUT2D eigenvalue weighted by Crippen LogP contribution is -2.42. The molecule has 2 fully saturated rings. The van der Waals surface area contributed by atoms with Gasteiger partial charge in [-0.1, -0.05) is 20.3 Å². The maximum absolute atomic E-state index is 10.9. The van der Waals surface area contributed by atoms with E-state index in [0.717, 1.165) is 31.3 Å². The molecule has 92 valence electrons. The molecular formula is C13H23NO2. The Balaban J connectivity index is 1.94. The molecule has 0 bridgehead atoms. The van der Waals surface area contributed by atoms with Crippen LogP contribution in [0.4, 0.5) is 0 Å². The lowest BCUT2D eigenvalue weighted by Gasteiger charge is -2.39. The van der Waals surface area contributed by atoms with Crippen LogP contribution in [0.5, 0.6) is 0 Å². The normalized spacial score (nSPS) is 41.1. The van der Waals surface area contributed by atoms with Gasteiger partial charge in [0, 0.05) is 12.6 Å². The van der Waals surface area contributed by atoms with E-state index in [4.69, 9.17) is 5.11 Å². The number of hydrogen-bond acceptors (Lipinski definition) is 2. The second kappa shape index (κ2) is 4.74. The van der Waals surface area contributed by atoms with Gasteiger partial charge in [0.05, 0.1) is 5.92 Å². The van der Waals surface area contributed by atoms with Gasteiger partial charge in [-0.3, -0.25) is 9.69 Å². The Bertz CT molecular complexity index is 267. The third-order valence-electron chi connectivity index (χ3n) is 4.45. The second-order valence-electron chi connectivity index (χ2n) is 5.78. The Labute approximate surface area is 97.8 Å². The van der Waals surface area contributed by atoms with Gasteiger partial charge in [-0.25, -0.2) is 0 Å². The van der Waals surface area contributed by atoms with Crippen LogP contribution in [-0.2, 0) is 4.79 Å². The van der Waals surface area contributed by atoms with E-state index < -0.39 is 5.97 Å². The largest absolute Gasteiger partial charge is 0.481 e. The highest BCUT2D eigenvalue weighted by Crippen LogP contribution is 2.34. The lowest BCUT2D eigenvalue weighted by atomic mass is 9.79. The highest BCUT2D eigenvalue weighted by molar-refractivity contribution is 5.70. The average molecular weight is 225 g/mol. The molecule has 0 amide bonds. The standard InChI is InChI=1S/C13H23NO2/c1-9-3-4-10(2)12(7-9)14-6-5-11(8-14)13(15)16/h9-12H,3-8H2,1-2H3,(H,15,16). The maximum Gasteiger partial charge on any atom is 0.307 e. The minimum atomic E-state index is -0.612. The first kappa shape index (κ1) is 11.9. The highest BCUT2D eigenvalue weighted by Gasteiger charge is 2.36. The number of carboxylic acids is 1. The molecule has 1 saturated carbocycles. The number of aliphatic carboxylic acids is 1. The molecule has 4 unspecified atom stereocenters. The Morgan fingerprint density at radius 3 is 2.62 bits per heavy atom. The first-order valence-electron chi connectivity index (χ1n) is 6.54. The van der Waals surface area contributed by atoms with Crippen molar-refractivity contribution < 1.29 is 9.90 Å². The van der Waals surface area contributed by atoms with Crippen molar-refractivity contribution in [3.63, 3.8) is 0 Å². The zero-order chi connectivity index (χ0) is 11.7. The molecule has 3 nitrogen and oxygen atoms in total. The van der Waals surface area contributed by atoms with Gasteiger partial charge in [-0.15, -0.1) is 0 Å². The number of carbonyl (C=O) groups is 1. The summed E-state index contributed by atoms with van der Waals surface area (Å²) in [4.78, 5) is 13.4. The summed E-state index contributed by atoms with van der Waals surface area (Å²) in [6, 6.07) is 0.632. The second-order valence-corrected chi connectivity index (χ2v) is 5.78. The van der Waals surface area contributed by atoms with Gasteiger partial charge in [0.2, 0.25) is 0 Å². The van der Waals surface area contributed by atoms with Crippen molar-refractivity contribution in [3.05, 3.63) is 0 Å². The first-order chi connectivity index (χ1) is 7.58. The minimum absolute atomic E-state index is 0.121. The van der Waals surface area contributed by atoms with Crippen LogP contribution in [0.25, 0.3) is 0 Å². The molecule has 1 aliphatic carbocycles. The van der Waals surface area contributed by atoms with Crippen molar-refractivity contribution in [1.29, 1.82) is 0 Å². The third kappa shape index (κ3) is 2.40. The molecule has 1 aliphatic heterocycles. The molecule has 0 aromatic carbocycles. The van der Waals surface area contributed by atoms with E-state index >= 15 is 0 Å². The Morgan fingerprint density at radius 2 is 2.00 bits per heavy atom. The minimum Gasteiger partial charge on any atom is -0.481 e. The van der Waals surface area contributed by atoms with E-state index in [1.54, 1.807) is 0 Å². The summed E-state index contributed by atoms with van der Waals surface area (Å²) in [5, 5.41) is 9.02. The molecule has 0 radical (unpaired) electrons. The number of carboxylic acid groups (broad SMARTS) is 1. The monoisotopic (exact) mass is 225 g/mol. The van der Waals surface area contributed by atoms with E-state index in [2.05, 4.69) is 18.7 Å². The molecule has 1 saturated heterocycles. The van der Waals surface area contributed by atoms with Crippen LogP contribution in [0.3, 0.4) is 0 Å². The zero-order valence-electron chi connectivity index (χ0n) is 10.4. The molecule has 3 heteroatoms. The van der Waals surface area contributed by atoms with Crippen LogP contribution in [0.1, 0.15) is 39.5 Å². The summed E-state index contributed by atoms with van der Waals surface area (Å²) in [5.41, 5.74) is 0. The maximum atomic E-state index is 10.9.